The molecule has 2 aromatic carbocycles. The lowest BCUT2D eigenvalue weighted by Gasteiger charge is -2.15. The summed E-state index contributed by atoms with van der Waals surface area (Å²) in [4.78, 5) is 17.1. The summed E-state index contributed by atoms with van der Waals surface area (Å²) in [5, 5.41) is 12.0. The third-order valence-corrected chi connectivity index (χ3v) is 5.34. The first-order valence-electron chi connectivity index (χ1n) is 9.68. The van der Waals surface area contributed by atoms with E-state index >= 15 is 0 Å². The van der Waals surface area contributed by atoms with E-state index < -0.39 is 5.92 Å². The van der Waals surface area contributed by atoms with E-state index in [4.69, 9.17) is 19.5 Å². The first kappa shape index (κ1) is 20.2. The van der Waals surface area contributed by atoms with Gasteiger partial charge in [0.05, 0.1) is 38.9 Å². The van der Waals surface area contributed by atoms with Crippen molar-refractivity contribution in [3.63, 3.8) is 0 Å². The minimum absolute atomic E-state index is 0.105. The Kier molecular flexibility index (Phi) is 5.46. The molecular formula is C24H21N3O4. The molecule has 0 fully saturated rings. The standard InChI is InChI=1S/C24H21N3O4/c1-29-20-10-16(11-21(30-2)22(20)31-3)17-9-18-19(24(28)27-23(18)26-13-17)8-14-5-4-6-15(7-14)12-25/h4-7,9-11,13,19H,8H2,1-3H3,(H,26,27,28). The van der Waals surface area contributed by atoms with Crippen molar-refractivity contribution in [3.05, 3.63) is 65.4 Å². The predicted molar refractivity (Wildman–Crippen MR) is 116 cm³/mol. The van der Waals surface area contributed by atoms with E-state index in [1.54, 1.807) is 33.6 Å². The highest BCUT2D eigenvalue weighted by Crippen LogP contribution is 2.42. The third-order valence-electron chi connectivity index (χ3n) is 5.34. The fraction of sp³-hybridized carbons (Fsp3) is 0.208. The topological polar surface area (TPSA) is 93.5 Å². The zero-order valence-corrected chi connectivity index (χ0v) is 17.4. The molecule has 1 atom stereocenters. The normalized spacial score (nSPS) is 14.4. The van der Waals surface area contributed by atoms with E-state index in [1.807, 2.05) is 36.4 Å². The van der Waals surface area contributed by atoms with Gasteiger partial charge in [0, 0.05) is 17.3 Å². The summed E-state index contributed by atoms with van der Waals surface area (Å²) >= 11 is 0. The van der Waals surface area contributed by atoms with Crippen LogP contribution in [0.1, 0.15) is 22.6 Å². The highest BCUT2D eigenvalue weighted by atomic mass is 16.5. The average Bonchev–Trinajstić information content (AvgIpc) is 3.12. The SMILES string of the molecule is COc1cc(-c2cnc3c(c2)C(Cc2cccc(C#N)c2)C(=O)N3)cc(OC)c1OC. The average molecular weight is 415 g/mol. The molecular weight excluding hydrogens is 394 g/mol. The highest BCUT2D eigenvalue weighted by molar-refractivity contribution is 6.02. The van der Waals surface area contributed by atoms with Crippen molar-refractivity contribution in [2.45, 2.75) is 12.3 Å². The van der Waals surface area contributed by atoms with Gasteiger partial charge in [0.15, 0.2) is 11.5 Å². The molecule has 3 aromatic rings. The number of benzene rings is 2. The number of ether oxygens (including phenoxy) is 3. The number of rotatable bonds is 6. The molecule has 1 aromatic heterocycles. The van der Waals surface area contributed by atoms with Crippen LogP contribution in [-0.2, 0) is 11.2 Å². The van der Waals surface area contributed by atoms with Crippen LogP contribution in [0.2, 0.25) is 0 Å². The molecule has 0 bridgehead atoms. The van der Waals surface area contributed by atoms with Crippen LogP contribution < -0.4 is 19.5 Å². The smallest absolute Gasteiger partial charge is 0.233 e. The van der Waals surface area contributed by atoms with Crippen LogP contribution in [-0.4, -0.2) is 32.2 Å². The molecule has 1 aliphatic heterocycles. The lowest BCUT2D eigenvalue weighted by Crippen LogP contribution is -2.14. The van der Waals surface area contributed by atoms with Crippen LogP contribution in [0.3, 0.4) is 0 Å². The van der Waals surface area contributed by atoms with Crippen molar-refractivity contribution in [2.75, 3.05) is 26.6 Å². The second-order valence-electron chi connectivity index (χ2n) is 7.13. The summed E-state index contributed by atoms with van der Waals surface area (Å²) in [5.41, 5.74) is 3.96. The number of nitriles is 1. The van der Waals surface area contributed by atoms with Gasteiger partial charge in [0.2, 0.25) is 11.7 Å². The number of pyridine rings is 1. The summed E-state index contributed by atoms with van der Waals surface area (Å²) < 4.78 is 16.3. The van der Waals surface area contributed by atoms with E-state index in [0.29, 0.717) is 35.1 Å². The number of methoxy groups -OCH3 is 3. The van der Waals surface area contributed by atoms with Crippen LogP contribution in [0.25, 0.3) is 11.1 Å². The Balaban J connectivity index is 1.73. The molecule has 156 valence electrons. The Morgan fingerprint density at radius 2 is 1.77 bits per heavy atom. The molecule has 31 heavy (non-hydrogen) atoms. The van der Waals surface area contributed by atoms with E-state index in [9.17, 15) is 4.79 Å². The van der Waals surface area contributed by atoms with Gasteiger partial charge in [-0.15, -0.1) is 0 Å². The van der Waals surface area contributed by atoms with Crippen LogP contribution in [0.5, 0.6) is 17.2 Å². The van der Waals surface area contributed by atoms with E-state index in [0.717, 1.165) is 22.3 Å². The number of nitrogens with one attached hydrogen (secondary N) is 1. The second-order valence-corrected chi connectivity index (χ2v) is 7.13. The zero-order chi connectivity index (χ0) is 22.0. The van der Waals surface area contributed by atoms with Gasteiger partial charge >= 0.3 is 0 Å². The van der Waals surface area contributed by atoms with Crippen molar-refractivity contribution in [3.8, 4) is 34.4 Å². The molecule has 2 heterocycles. The van der Waals surface area contributed by atoms with Gasteiger partial charge in [-0.2, -0.15) is 5.26 Å². The van der Waals surface area contributed by atoms with Gasteiger partial charge in [-0.05, 0) is 47.9 Å². The molecule has 4 rings (SSSR count). The number of carbonyl (C=O) groups excluding carboxylic acids is 1. The number of aromatic nitrogens is 1. The lowest BCUT2D eigenvalue weighted by molar-refractivity contribution is -0.117. The first-order chi connectivity index (χ1) is 15.1. The summed E-state index contributed by atoms with van der Waals surface area (Å²) in [6.45, 7) is 0. The Labute approximate surface area is 180 Å². The summed E-state index contributed by atoms with van der Waals surface area (Å²) in [6, 6.07) is 15.1. The van der Waals surface area contributed by atoms with Gasteiger partial charge < -0.3 is 19.5 Å². The van der Waals surface area contributed by atoms with E-state index in [2.05, 4.69) is 16.4 Å². The van der Waals surface area contributed by atoms with Crippen LogP contribution in [0, 0.1) is 11.3 Å². The van der Waals surface area contributed by atoms with Gasteiger partial charge in [-0.1, -0.05) is 12.1 Å². The van der Waals surface area contributed by atoms with Crippen LogP contribution >= 0.6 is 0 Å². The summed E-state index contributed by atoms with van der Waals surface area (Å²) in [6.07, 6.45) is 2.19. The predicted octanol–water partition coefficient (Wildman–Crippen LogP) is 3.92. The highest BCUT2D eigenvalue weighted by Gasteiger charge is 2.32. The van der Waals surface area contributed by atoms with Gasteiger partial charge in [-0.3, -0.25) is 4.79 Å². The molecule has 0 saturated carbocycles. The Morgan fingerprint density at radius 3 is 2.42 bits per heavy atom. The number of carbonyl (C=O) groups is 1. The summed E-state index contributed by atoms with van der Waals surface area (Å²) in [5.74, 6) is 1.65. The molecule has 0 aliphatic carbocycles. The fourth-order valence-electron chi connectivity index (χ4n) is 3.81. The Morgan fingerprint density at radius 1 is 1.03 bits per heavy atom. The van der Waals surface area contributed by atoms with Crippen LogP contribution in [0.15, 0.2) is 48.7 Å². The zero-order valence-electron chi connectivity index (χ0n) is 17.4. The number of hydrogen-bond donors (Lipinski definition) is 1. The minimum atomic E-state index is -0.390. The molecule has 7 heteroatoms. The van der Waals surface area contributed by atoms with Crippen LogP contribution in [0.4, 0.5) is 5.82 Å². The van der Waals surface area contributed by atoms with E-state index in [1.165, 1.54) is 0 Å². The maximum absolute atomic E-state index is 12.6. The maximum atomic E-state index is 12.6. The third kappa shape index (κ3) is 3.76. The minimum Gasteiger partial charge on any atom is -0.493 e. The van der Waals surface area contributed by atoms with Gasteiger partial charge in [0.1, 0.15) is 5.82 Å². The van der Waals surface area contributed by atoms with Crippen molar-refractivity contribution in [1.29, 1.82) is 5.26 Å². The van der Waals surface area contributed by atoms with Crippen molar-refractivity contribution in [2.24, 2.45) is 0 Å². The molecule has 7 nitrogen and oxygen atoms in total. The number of fused-ring (bicyclic) bond motifs is 1. The van der Waals surface area contributed by atoms with E-state index in [-0.39, 0.29) is 5.91 Å². The number of nitrogens with zero attached hydrogens (tertiary/aromatic N) is 2. The molecule has 1 N–H and O–H groups in total. The largest absolute Gasteiger partial charge is 0.493 e. The fourth-order valence-corrected chi connectivity index (χ4v) is 3.81. The molecule has 0 saturated heterocycles. The molecule has 0 radical (unpaired) electrons. The summed E-state index contributed by atoms with van der Waals surface area (Å²) in [7, 11) is 4.69. The van der Waals surface area contributed by atoms with Crippen molar-refractivity contribution < 1.29 is 19.0 Å². The molecule has 0 spiro atoms. The number of anilines is 1. The van der Waals surface area contributed by atoms with Crippen molar-refractivity contribution >= 4 is 11.7 Å². The Bertz CT molecular complexity index is 1170. The monoisotopic (exact) mass is 415 g/mol. The Hall–Kier alpha value is -4.05. The van der Waals surface area contributed by atoms with Crippen molar-refractivity contribution in [1.82, 2.24) is 4.98 Å². The molecule has 1 unspecified atom stereocenters. The maximum Gasteiger partial charge on any atom is 0.233 e. The number of hydrogen-bond acceptors (Lipinski definition) is 6. The molecule has 1 aliphatic rings. The second kappa shape index (κ2) is 8.36. The number of amides is 1. The molecule has 1 amide bonds. The van der Waals surface area contributed by atoms with Gasteiger partial charge in [0.25, 0.3) is 0 Å². The lowest BCUT2D eigenvalue weighted by atomic mass is 9.92. The van der Waals surface area contributed by atoms with Gasteiger partial charge in [-0.25, -0.2) is 4.98 Å². The quantitative estimate of drug-likeness (QED) is 0.656. The first-order valence-corrected chi connectivity index (χ1v) is 9.68.